The second kappa shape index (κ2) is 15.6. The summed E-state index contributed by atoms with van der Waals surface area (Å²) in [5, 5.41) is 20.2. The average Bonchev–Trinajstić information content (AvgIpc) is 3.71. The van der Waals surface area contributed by atoms with Crippen LogP contribution >= 0.6 is 23.2 Å². The number of carboxylic acids is 1. The summed E-state index contributed by atoms with van der Waals surface area (Å²) in [7, 11) is 0. The molecule has 1 aliphatic heterocycles. The highest BCUT2D eigenvalue weighted by molar-refractivity contribution is 6.39. The number of Topliss-reactive ketones (excluding diaryl/α,β-unsaturated/α-hetero) is 1. The van der Waals surface area contributed by atoms with Gasteiger partial charge in [0.15, 0.2) is 12.4 Å². The lowest BCUT2D eigenvalue weighted by Gasteiger charge is -2.29. The third kappa shape index (κ3) is 8.15. The molecule has 1 aromatic heterocycles. The fourth-order valence-corrected chi connectivity index (χ4v) is 6.27. The Morgan fingerprint density at radius 2 is 1.64 bits per heavy atom. The number of benzene rings is 3. The quantitative estimate of drug-likeness (QED) is 0.126. The number of ketones is 1. The van der Waals surface area contributed by atoms with Gasteiger partial charge in [-0.3, -0.25) is 19.2 Å². The van der Waals surface area contributed by atoms with Crippen molar-refractivity contribution in [2.75, 3.05) is 6.61 Å². The molecule has 2 amide bonds. The first kappa shape index (κ1) is 36.1. The first-order valence-electron chi connectivity index (χ1n) is 15.7. The summed E-state index contributed by atoms with van der Waals surface area (Å²) < 4.78 is 5.11. The number of hydrogen-bond donors (Lipinski definition) is 4. The Hall–Kier alpha value is -5.20. The van der Waals surface area contributed by atoms with Crippen molar-refractivity contribution in [3.8, 4) is 0 Å². The molecule has 4 aromatic rings. The zero-order chi connectivity index (χ0) is 36.0. The molecule has 14 heteroatoms. The Morgan fingerprint density at radius 1 is 0.960 bits per heavy atom. The number of nitrogens with one attached hydrogen (secondary N) is 3. The normalized spacial score (nSPS) is 16.6. The molecule has 3 aromatic carbocycles. The molecule has 0 fully saturated rings. The molecule has 2 unspecified atom stereocenters. The van der Waals surface area contributed by atoms with Gasteiger partial charge in [-0.05, 0) is 29.7 Å². The first-order chi connectivity index (χ1) is 23.9. The molecular weight excluding hydrogens is 687 g/mol. The number of rotatable bonds is 14. The summed E-state index contributed by atoms with van der Waals surface area (Å²) in [5.74, 6) is -4.62. The van der Waals surface area contributed by atoms with Crippen molar-refractivity contribution < 1.29 is 38.7 Å². The van der Waals surface area contributed by atoms with Gasteiger partial charge >= 0.3 is 11.9 Å². The maximum atomic E-state index is 14.1. The van der Waals surface area contributed by atoms with E-state index in [4.69, 9.17) is 32.8 Å². The number of aromatic amines is 1. The highest BCUT2D eigenvalue weighted by atomic mass is 35.5. The van der Waals surface area contributed by atoms with Crippen molar-refractivity contribution >= 4 is 69.4 Å². The number of H-pyrrole nitrogens is 1. The summed E-state index contributed by atoms with van der Waals surface area (Å²) in [6, 6.07) is 18.4. The number of nitrogens with zero attached hydrogens (tertiary/aromatic N) is 1. The molecule has 1 aliphatic rings. The van der Waals surface area contributed by atoms with Crippen molar-refractivity contribution in [3.63, 3.8) is 0 Å². The second-order valence-corrected chi connectivity index (χ2v) is 13.0. The molecule has 0 bridgehead atoms. The van der Waals surface area contributed by atoms with E-state index in [0.717, 1.165) is 10.9 Å². The van der Waals surface area contributed by atoms with Crippen LogP contribution in [-0.4, -0.2) is 69.6 Å². The molecule has 5 rings (SSSR count). The van der Waals surface area contributed by atoms with Crippen LogP contribution in [0.4, 0.5) is 0 Å². The topological polar surface area (TPSA) is 176 Å². The zero-order valence-corrected chi connectivity index (χ0v) is 28.6. The predicted molar refractivity (Wildman–Crippen MR) is 186 cm³/mol. The molecule has 0 spiro atoms. The zero-order valence-electron chi connectivity index (χ0n) is 27.1. The summed E-state index contributed by atoms with van der Waals surface area (Å²) in [5.41, 5.74) is 0.442. The number of carbonyl (C=O) groups excluding carboxylic acids is 4. The number of aliphatic carboxylic acids is 1. The van der Waals surface area contributed by atoms with Crippen LogP contribution in [0, 0.1) is 5.92 Å². The van der Waals surface area contributed by atoms with Crippen molar-refractivity contribution in [1.29, 1.82) is 0 Å². The lowest BCUT2D eigenvalue weighted by molar-refractivity contribution is -0.148. The van der Waals surface area contributed by atoms with E-state index in [-0.39, 0.29) is 40.3 Å². The van der Waals surface area contributed by atoms with E-state index in [2.05, 4.69) is 20.8 Å². The van der Waals surface area contributed by atoms with Crippen LogP contribution in [0.25, 0.3) is 10.9 Å². The Bertz CT molecular complexity index is 1940. The Labute approximate surface area is 297 Å². The maximum absolute atomic E-state index is 14.1. The maximum Gasteiger partial charge on any atom is 0.341 e. The SMILES string of the molecule is CC(C)C(NC(=O)c1c[nH]c2ccccc12)C1=NOC(Cc2ccccc2)(C(=O)N[C@@H](CC(=O)O)C(=O)COC(=O)c2c(Cl)cccc2Cl)C1. The lowest BCUT2D eigenvalue weighted by Crippen LogP contribution is -2.55. The summed E-state index contributed by atoms with van der Waals surface area (Å²) in [4.78, 5) is 74.3. The Morgan fingerprint density at radius 3 is 2.32 bits per heavy atom. The largest absolute Gasteiger partial charge is 0.481 e. The number of ether oxygens (including phenoxy) is 1. The van der Waals surface area contributed by atoms with Gasteiger partial charge < -0.3 is 30.3 Å². The fourth-order valence-electron chi connectivity index (χ4n) is 5.72. The molecule has 50 heavy (non-hydrogen) atoms. The standard InChI is InChI=1S/C36H34Cl2N4O8/c1-20(2)32(41-33(46)23-18-39-26-14-7-6-11-22(23)26)28-17-36(50-42-28,16-21-9-4-3-5-10-21)35(48)40-27(15-30(44)45)29(43)19-49-34(47)31-24(37)12-8-13-25(31)38/h3-14,18,20,27,32,39H,15-17,19H2,1-2H3,(H,40,48)(H,41,46)(H,44,45)/t27-,32?,36?/m0/s1. The number of carboxylic acid groups (broad SMARTS) is 1. The van der Waals surface area contributed by atoms with Crippen molar-refractivity contribution in [2.45, 2.75) is 50.8 Å². The minimum Gasteiger partial charge on any atom is -0.481 e. The van der Waals surface area contributed by atoms with E-state index >= 15 is 0 Å². The van der Waals surface area contributed by atoms with Crippen molar-refractivity contribution in [3.05, 3.63) is 106 Å². The van der Waals surface area contributed by atoms with E-state index in [0.29, 0.717) is 16.8 Å². The molecule has 12 nitrogen and oxygen atoms in total. The second-order valence-electron chi connectivity index (χ2n) is 12.2. The van der Waals surface area contributed by atoms with E-state index in [9.17, 15) is 29.1 Å². The van der Waals surface area contributed by atoms with Gasteiger partial charge in [-0.2, -0.15) is 0 Å². The van der Waals surface area contributed by atoms with Gasteiger partial charge in [0.1, 0.15) is 6.04 Å². The Kier molecular flexibility index (Phi) is 11.2. The molecule has 2 heterocycles. The number of aromatic nitrogens is 1. The van der Waals surface area contributed by atoms with Gasteiger partial charge in [-0.1, -0.05) is 96.8 Å². The van der Waals surface area contributed by atoms with Crippen LogP contribution in [-0.2, 0) is 30.4 Å². The van der Waals surface area contributed by atoms with Gasteiger partial charge in [0, 0.05) is 29.9 Å². The molecule has 3 atom stereocenters. The molecule has 0 saturated carbocycles. The van der Waals surface area contributed by atoms with Crippen LogP contribution in [0.15, 0.2) is 84.1 Å². The minimum absolute atomic E-state index is 0.000260. The van der Waals surface area contributed by atoms with Gasteiger partial charge in [0.25, 0.3) is 11.8 Å². The van der Waals surface area contributed by atoms with E-state index < -0.39 is 54.3 Å². The highest BCUT2D eigenvalue weighted by Crippen LogP contribution is 2.32. The number of fused-ring (bicyclic) bond motifs is 1. The number of oxime groups is 1. The van der Waals surface area contributed by atoms with Crippen LogP contribution < -0.4 is 10.6 Å². The smallest absolute Gasteiger partial charge is 0.341 e. The van der Waals surface area contributed by atoms with Gasteiger partial charge in [0.2, 0.25) is 5.60 Å². The van der Waals surface area contributed by atoms with Crippen LogP contribution in [0.5, 0.6) is 0 Å². The third-order valence-corrected chi connectivity index (χ3v) is 8.91. The number of carbonyl (C=O) groups is 5. The molecule has 0 radical (unpaired) electrons. The van der Waals surface area contributed by atoms with Gasteiger partial charge in [0.05, 0.1) is 39.3 Å². The average molecular weight is 722 g/mol. The Balaban J connectivity index is 1.35. The van der Waals surface area contributed by atoms with Crippen LogP contribution in [0.3, 0.4) is 0 Å². The van der Waals surface area contributed by atoms with E-state index in [1.165, 1.54) is 18.2 Å². The van der Waals surface area contributed by atoms with Crippen molar-refractivity contribution in [1.82, 2.24) is 15.6 Å². The summed E-state index contributed by atoms with van der Waals surface area (Å²) >= 11 is 12.1. The molecule has 0 aliphatic carbocycles. The molecular formula is C36H34Cl2N4O8. The minimum atomic E-state index is -1.71. The number of esters is 1. The molecule has 260 valence electrons. The number of hydrogen-bond acceptors (Lipinski definition) is 8. The monoisotopic (exact) mass is 720 g/mol. The van der Waals surface area contributed by atoms with E-state index in [1.54, 1.807) is 36.5 Å². The summed E-state index contributed by atoms with van der Waals surface area (Å²) in [6.45, 7) is 2.90. The summed E-state index contributed by atoms with van der Waals surface area (Å²) in [6.07, 6.45) is 0.734. The lowest BCUT2D eigenvalue weighted by atomic mass is 9.84. The number of amides is 2. The van der Waals surface area contributed by atoms with Crippen LogP contribution in [0.2, 0.25) is 10.0 Å². The highest BCUT2D eigenvalue weighted by Gasteiger charge is 2.49. The molecule has 4 N–H and O–H groups in total. The number of halogens is 2. The fraction of sp³-hybridized carbons (Fsp3) is 0.278. The van der Waals surface area contributed by atoms with Gasteiger partial charge in [-0.25, -0.2) is 4.79 Å². The van der Waals surface area contributed by atoms with Gasteiger partial charge in [-0.15, -0.1) is 0 Å². The predicted octanol–water partition coefficient (Wildman–Crippen LogP) is 5.37. The number of para-hydroxylation sites is 1. The van der Waals surface area contributed by atoms with Crippen molar-refractivity contribution in [2.24, 2.45) is 11.1 Å². The first-order valence-corrected chi connectivity index (χ1v) is 16.5. The van der Waals surface area contributed by atoms with E-state index in [1.807, 2.05) is 38.1 Å². The third-order valence-electron chi connectivity index (χ3n) is 8.28. The van der Waals surface area contributed by atoms with Crippen LogP contribution in [0.1, 0.15) is 53.0 Å². The molecule has 0 saturated heterocycles.